The highest BCUT2D eigenvalue weighted by atomic mass is 16.5. The number of carbonyl (C=O) groups is 1. The number of hydrogen-bond donors (Lipinski definition) is 2. The number of rotatable bonds is 4. The van der Waals surface area contributed by atoms with Crippen LogP contribution < -0.4 is 10.6 Å². The Morgan fingerprint density at radius 1 is 1.33 bits per heavy atom. The summed E-state index contributed by atoms with van der Waals surface area (Å²) in [4.78, 5) is 11.0. The van der Waals surface area contributed by atoms with E-state index in [9.17, 15) is 4.79 Å². The van der Waals surface area contributed by atoms with Gasteiger partial charge in [0, 0.05) is 20.7 Å². The molecule has 0 saturated heterocycles. The minimum atomic E-state index is -0.179. The zero-order valence-electron chi connectivity index (χ0n) is 9.04. The van der Waals surface area contributed by atoms with E-state index in [1.807, 2.05) is 24.3 Å². The van der Waals surface area contributed by atoms with Crippen LogP contribution in [0.25, 0.3) is 0 Å². The number of carbonyl (C=O) groups excluding carboxylic acids is 1. The number of ether oxygens (including phenoxy) is 1. The summed E-state index contributed by atoms with van der Waals surface area (Å²) in [6.07, 6.45) is 0. The zero-order valence-corrected chi connectivity index (χ0v) is 9.04. The van der Waals surface area contributed by atoms with Crippen molar-refractivity contribution in [3.05, 3.63) is 35.4 Å². The average molecular weight is 208 g/mol. The standard InChI is InChI=1S/C11H16N2O2/c1-12-11(14)13-7-9-5-3-4-6-10(9)8-15-2/h3-6H,7-8H2,1-2H3,(H2,12,13,14). The quantitative estimate of drug-likeness (QED) is 0.782. The number of amides is 2. The van der Waals surface area contributed by atoms with Crippen molar-refractivity contribution in [2.24, 2.45) is 0 Å². The number of hydrogen-bond acceptors (Lipinski definition) is 2. The lowest BCUT2D eigenvalue weighted by Crippen LogP contribution is -2.32. The number of methoxy groups -OCH3 is 1. The molecule has 0 unspecified atom stereocenters. The summed E-state index contributed by atoms with van der Waals surface area (Å²) in [6, 6.07) is 7.69. The van der Waals surface area contributed by atoms with Gasteiger partial charge in [-0.1, -0.05) is 24.3 Å². The highest BCUT2D eigenvalue weighted by Gasteiger charge is 2.02. The molecule has 0 spiro atoms. The van der Waals surface area contributed by atoms with Crippen LogP contribution in [-0.4, -0.2) is 20.2 Å². The molecule has 4 nitrogen and oxygen atoms in total. The molecule has 4 heteroatoms. The fourth-order valence-corrected chi connectivity index (χ4v) is 1.29. The van der Waals surface area contributed by atoms with E-state index in [1.165, 1.54) is 0 Å². The van der Waals surface area contributed by atoms with Gasteiger partial charge in [0.25, 0.3) is 0 Å². The lowest BCUT2D eigenvalue weighted by atomic mass is 10.1. The Morgan fingerprint density at radius 3 is 2.60 bits per heavy atom. The van der Waals surface area contributed by atoms with Gasteiger partial charge in [0.2, 0.25) is 0 Å². The summed E-state index contributed by atoms with van der Waals surface area (Å²) in [7, 11) is 3.25. The topological polar surface area (TPSA) is 50.4 Å². The van der Waals surface area contributed by atoms with Crippen molar-refractivity contribution in [3.63, 3.8) is 0 Å². The van der Waals surface area contributed by atoms with Crippen LogP contribution in [0.5, 0.6) is 0 Å². The van der Waals surface area contributed by atoms with Crippen molar-refractivity contribution in [1.82, 2.24) is 10.6 Å². The minimum Gasteiger partial charge on any atom is -0.380 e. The van der Waals surface area contributed by atoms with E-state index in [2.05, 4.69) is 10.6 Å². The van der Waals surface area contributed by atoms with Crippen LogP contribution in [0.1, 0.15) is 11.1 Å². The van der Waals surface area contributed by atoms with Gasteiger partial charge in [-0.15, -0.1) is 0 Å². The summed E-state index contributed by atoms with van der Waals surface area (Å²) in [5, 5.41) is 5.25. The summed E-state index contributed by atoms with van der Waals surface area (Å²) in [5.74, 6) is 0. The van der Waals surface area contributed by atoms with Gasteiger partial charge in [0.05, 0.1) is 6.61 Å². The summed E-state index contributed by atoms with van der Waals surface area (Å²) < 4.78 is 5.07. The first-order valence-corrected chi connectivity index (χ1v) is 4.79. The Kier molecular flexibility index (Phi) is 4.63. The molecule has 0 aliphatic carbocycles. The van der Waals surface area contributed by atoms with Gasteiger partial charge in [-0.2, -0.15) is 0 Å². The molecular weight excluding hydrogens is 192 g/mol. The maximum absolute atomic E-state index is 11.0. The van der Waals surface area contributed by atoms with E-state index >= 15 is 0 Å². The summed E-state index contributed by atoms with van der Waals surface area (Å²) in [6.45, 7) is 1.07. The van der Waals surface area contributed by atoms with Gasteiger partial charge in [-0.25, -0.2) is 4.79 Å². The van der Waals surface area contributed by atoms with Gasteiger partial charge >= 0.3 is 6.03 Å². The highest BCUT2D eigenvalue weighted by Crippen LogP contribution is 2.09. The Bertz CT molecular complexity index is 326. The van der Waals surface area contributed by atoms with Crippen molar-refractivity contribution in [3.8, 4) is 0 Å². The van der Waals surface area contributed by atoms with Gasteiger partial charge < -0.3 is 15.4 Å². The van der Waals surface area contributed by atoms with Crippen molar-refractivity contribution in [2.75, 3.05) is 14.2 Å². The first kappa shape index (κ1) is 11.5. The Balaban J connectivity index is 2.62. The van der Waals surface area contributed by atoms with E-state index in [-0.39, 0.29) is 6.03 Å². The molecule has 0 aromatic heterocycles. The Hall–Kier alpha value is -1.55. The molecule has 82 valence electrons. The second kappa shape index (κ2) is 6.03. The normalized spacial score (nSPS) is 9.73. The van der Waals surface area contributed by atoms with Crippen LogP contribution in [0.15, 0.2) is 24.3 Å². The molecule has 1 aromatic rings. The summed E-state index contributed by atoms with van der Waals surface area (Å²) >= 11 is 0. The number of benzene rings is 1. The molecule has 15 heavy (non-hydrogen) atoms. The smallest absolute Gasteiger partial charge is 0.314 e. The van der Waals surface area contributed by atoms with Crippen LogP contribution in [0, 0.1) is 0 Å². The molecule has 0 aliphatic rings. The maximum Gasteiger partial charge on any atom is 0.314 e. The van der Waals surface area contributed by atoms with E-state index < -0.39 is 0 Å². The molecule has 1 aromatic carbocycles. The van der Waals surface area contributed by atoms with E-state index in [1.54, 1.807) is 14.2 Å². The monoisotopic (exact) mass is 208 g/mol. The molecule has 0 radical (unpaired) electrons. The van der Waals surface area contributed by atoms with Crippen LogP contribution in [-0.2, 0) is 17.9 Å². The predicted octanol–water partition coefficient (Wildman–Crippen LogP) is 1.26. The second-order valence-electron chi connectivity index (χ2n) is 3.13. The summed E-state index contributed by atoms with van der Waals surface area (Å²) in [5.41, 5.74) is 2.17. The lowest BCUT2D eigenvalue weighted by Gasteiger charge is -2.09. The van der Waals surface area contributed by atoms with E-state index in [4.69, 9.17) is 4.74 Å². The van der Waals surface area contributed by atoms with Crippen molar-refractivity contribution < 1.29 is 9.53 Å². The fourth-order valence-electron chi connectivity index (χ4n) is 1.29. The Morgan fingerprint density at radius 2 is 2.00 bits per heavy atom. The van der Waals surface area contributed by atoms with Crippen LogP contribution in [0.4, 0.5) is 4.79 Å². The third kappa shape index (κ3) is 3.59. The van der Waals surface area contributed by atoms with Gasteiger partial charge in [0.1, 0.15) is 0 Å². The number of nitrogens with one attached hydrogen (secondary N) is 2. The first-order chi connectivity index (χ1) is 7.27. The molecule has 1 rings (SSSR count). The van der Waals surface area contributed by atoms with Gasteiger partial charge in [-0.3, -0.25) is 0 Å². The first-order valence-electron chi connectivity index (χ1n) is 4.79. The zero-order chi connectivity index (χ0) is 11.1. The molecule has 0 bridgehead atoms. The third-order valence-electron chi connectivity index (χ3n) is 2.08. The van der Waals surface area contributed by atoms with Crippen molar-refractivity contribution >= 4 is 6.03 Å². The van der Waals surface area contributed by atoms with E-state index in [0.29, 0.717) is 13.2 Å². The average Bonchev–Trinajstić information content (AvgIpc) is 2.28. The van der Waals surface area contributed by atoms with Crippen molar-refractivity contribution in [2.45, 2.75) is 13.2 Å². The van der Waals surface area contributed by atoms with E-state index in [0.717, 1.165) is 11.1 Å². The van der Waals surface area contributed by atoms with Crippen LogP contribution in [0.2, 0.25) is 0 Å². The Labute approximate surface area is 89.6 Å². The molecule has 2 amide bonds. The fraction of sp³-hybridized carbons (Fsp3) is 0.364. The van der Waals surface area contributed by atoms with Gasteiger partial charge in [0.15, 0.2) is 0 Å². The highest BCUT2D eigenvalue weighted by molar-refractivity contribution is 5.73. The molecule has 0 heterocycles. The van der Waals surface area contributed by atoms with Crippen LogP contribution in [0.3, 0.4) is 0 Å². The third-order valence-corrected chi connectivity index (χ3v) is 2.08. The lowest BCUT2D eigenvalue weighted by molar-refractivity contribution is 0.184. The number of urea groups is 1. The molecule has 0 fully saturated rings. The molecular formula is C11H16N2O2. The minimum absolute atomic E-state index is 0.179. The molecule has 2 N–H and O–H groups in total. The SMILES string of the molecule is CNC(=O)NCc1ccccc1COC. The predicted molar refractivity (Wildman–Crippen MR) is 58.5 cm³/mol. The molecule has 0 saturated carbocycles. The second-order valence-corrected chi connectivity index (χ2v) is 3.13. The molecule has 0 atom stereocenters. The maximum atomic E-state index is 11.0. The van der Waals surface area contributed by atoms with Crippen molar-refractivity contribution in [1.29, 1.82) is 0 Å². The van der Waals surface area contributed by atoms with Crippen LogP contribution >= 0.6 is 0 Å². The molecule has 0 aliphatic heterocycles. The van der Waals surface area contributed by atoms with Gasteiger partial charge in [-0.05, 0) is 11.1 Å². The largest absolute Gasteiger partial charge is 0.380 e.